The van der Waals surface area contributed by atoms with E-state index in [0.29, 0.717) is 27.3 Å². The highest BCUT2D eigenvalue weighted by atomic mass is 35.5. The number of imidazole rings is 1. The SMILES string of the molecule is Cn1c(=O)n(-c2ccc(CC(C)(NC(=O)c3c(Cl)cc(Cl)cc3Cl)C(=O)O)cc2)c2c(Cl)cccc21. The van der Waals surface area contributed by atoms with Crippen LogP contribution in [0.2, 0.25) is 20.1 Å². The Morgan fingerprint density at radius 3 is 2.17 bits per heavy atom. The van der Waals surface area contributed by atoms with Crippen molar-refractivity contribution in [3.8, 4) is 5.69 Å². The highest BCUT2D eigenvalue weighted by Gasteiger charge is 2.36. The smallest absolute Gasteiger partial charge is 0.333 e. The second-order valence-electron chi connectivity index (χ2n) is 8.46. The van der Waals surface area contributed by atoms with Crippen LogP contribution in [0.3, 0.4) is 0 Å². The third-order valence-corrected chi connectivity index (χ3v) is 7.00. The maximum atomic E-state index is 12.9. The normalized spacial score (nSPS) is 12.9. The Labute approximate surface area is 225 Å². The van der Waals surface area contributed by atoms with Crippen molar-refractivity contribution in [2.45, 2.75) is 18.9 Å². The topological polar surface area (TPSA) is 93.3 Å². The summed E-state index contributed by atoms with van der Waals surface area (Å²) in [4.78, 5) is 38.0. The number of aromatic nitrogens is 2. The van der Waals surface area contributed by atoms with Crippen LogP contribution in [-0.2, 0) is 18.3 Å². The number of rotatable bonds is 6. The van der Waals surface area contributed by atoms with E-state index in [9.17, 15) is 19.5 Å². The zero-order chi connectivity index (χ0) is 26.4. The number of benzene rings is 3. The largest absolute Gasteiger partial charge is 0.480 e. The second-order valence-corrected chi connectivity index (χ2v) is 10.1. The molecule has 1 aromatic heterocycles. The molecular weight excluding hydrogens is 548 g/mol. The lowest BCUT2D eigenvalue weighted by atomic mass is 9.92. The number of carboxylic acids is 1. The number of nitrogens with one attached hydrogen (secondary N) is 1. The second kappa shape index (κ2) is 9.82. The van der Waals surface area contributed by atoms with Crippen LogP contribution in [0, 0.1) is 0 Å². The lowest BCUT2D eigenvalue weighted by Crippen LogP contribution is -2.53. The molecule has 0 fully saturated rings. The number of aryl methyl sites for hydroxylation is 1. The first-order chi connectivity index (χ1) is 16.9. The fraction of sp³-hybridized carbons (Fsp3) is 0.160. The van der Waals surface area contributed by atoms with Crippen LogP contribution in [-0.4, -0.2) is 31.7 Å². The van der Waals surface area contributed by atoms with Gasteiger partial charge >= 0.3 is 11.7 Å². The lowest BCUT2D eigenvalue weighted by Gasteiger charge is -2.27. The van der Waals surface area contributed by atoms with Crippen molar-refractivity contribution in [2.75, 3.05) is 0 Å². The molecule has 4 aromatic rings. The first kappa shape index (κ1) is 26.1. The molecule has 0 saturated heterocycles. The predicted octanol–water partition coefficient (Wildman–Crippen LogP) is 5.76. The Hall–Kier alpha value is -2.97. The van der Waals surface area contributed by atoms with Crippen molar-refractivity contribution in [1.29, 1.82) is 0 Å². The molecule has 0 aliphatic carbocycles. The molecule has 1 amide bonds. The molecule has 1 unspecified atom stereocenters. The van der Waals surface area contributed by atoms with Gasteiger partial charge < -0.3 is 10.4 Å². The minimum atomic E-state index is -1.69. The van der Waals surface area contributed by atoms with E-state index in [1.807, 2.05) is 0 Å². The van der Waals surface area contributed by atoms with Gasteiger partial charge in [-0.2, -0.15) is 0 Å². The molecule has 36 heavy (non-hydrogen) atoms. The van der Waals surface area contributed by atoms with Crippen molar-refractivity contribution < 1.29 is 14.7 Å². The highest BCUT2D eigenvalue weighted by molar-refractivity contribution is 6.42. The van der Waals surface area contributed by atoms with Gasteiger partial charge in [0.1, 0.15) is 5.54 Å². The molecule has 2 N–H and O–H groups in total. The molecule has 0 aliphatic rings. The Bertz CT molecular complexity index is 1550. The number of carbonyl (C=O) groups is 2. The van der Waals surface area contributed by atoms with Crippen molar-refractivity contribution in [3.63, 3.8) is 0 Å². The third kappa shape index (κ3) is 4.72. The summed E-state index contributed by atoms with van der Waals surface area (Å²) in [5.41, 5.74) is 0.378. The Morgan fingerprint density at radius 1 is 0.972 bits per heavy atom. The first-order valence-electron chi connectivity index (χ1n) is 10.6. The van der Waals surface area contributed by atoms with Crippen LogP contribution in [0.5, 0.6) is 0 Å². The maximum Gasteiger partial charge on any atom is 0.333 e. The van der Waals surface area contributed by atoms with E-state index < -0.39 is 17.4 Å². The van der Waals surface area contributed by atoms with E-state index in [1.54, 1.807) is 49.5 Å². The first-order valence-corrected chi connectivity index (χ1v) is 12.1. The summed E-state index contributed by atoms with van der Waals surface area (Å²) in [5.74, 6) is -2.00. The van der Waals surface area contributed by atoms with Gasteiger partial charge in [0.15, 0.2) is 0 Å². The molecule has 0 aliphatic heterocycles. The van der Waals surface area contributed by atoms with Gasteiger partial charge in [-0.3, -0.25) is 13.9 Å². The zero-order valence-electron chi connectivity index (χ0n) is 19.0. The van der Waals surface area contributed by atoms with Crippen LogP contribution in [0.15, 0.2) is 59.4 Å². The molecular formula is C25H19Cl4N3O4. The average Bonchev–Trinajstić information content (AvgIpc) is 3.05. The fourth-order valence-electron chi connectivity index (χ4n) is 4.00. The minimum Gasteiger partial charge on any atom is -0.480 e. The summed E-state index contributed by atoms with van der Waals surface area (Å²) < 4.78 is 2.99. The number of hydrogen-bond donors (Lipinski definition) is 2. The van der Waals surface area contributed by atoms with E-state index in [0.717, 1.165) is 0 Å². The van der Waals surface area contributed by atoms with Crippen molar-refractivity contribution in [3.05, 3.63) is 96.3 Å². The van der Waals surface area contributed by atoms with Crippen molar-refractivity contribution in [2.24, 2.45) is 7.05 Å². The van der Waals surface area contributed by atoms with Gasteiger partial charge in [-0.1, -0.05) is 64.6 Å². The average molecular weight is 567 g/mol. The van der Waals surface area contributed by atoms with Crippen molar-refractivity contribution in [1.82, 2.24) is 14.5 Å². The monoisotopic (exact) mass is 565 g/mol. The van der Waals surface area contributed by atoms with Crippen LogP contribution in [0.1, 0.15) is 22.8 Å². The minimum absolute atomic E-state index is 0.00119. The van der Waals surface area contributed by atoms with Gasteiger partial charge in [0.2, 0.25) is 0 Å². The highest BCUT2D eigenvalue weighted by Crippen LogP contribution is 2.30. The van der Waals surface area contributed by atoms with E-state index in [1.165, 1.54) is 28.2 Å². The fourth-order valence-corrected chi connectivity index (χ4v) is 5.24. The summed E-state index contributed by atoms with van der Waals surface area (Å²) in [6.07, 6.45) is -0.0532. The molecule has 0 spiro atoms. The van der Waals surface area contributed by atoms with E-state index in [-0.39, 0.29) is 32.7 Å². The molecule has 3 aromatic carbocycles. The standard InChI is InChI=1S/C25H19Cl4N3O4/c1-25(23(34)35,30-22(33)20-17(28)10-14(26)11-18(20)29)12-13-6-8-15(9-7-13)32-21-16(27)4-3-5-19(21)31(2)24(32)36/h3-11H,12H2,1-2H3,(H,30,33)(H,34,35). The molecule has 11 heteroatoms. The molecule has 0 saturated carbocycles. The van der Waals surface area contributed by atoms with Crippen molar-refractivity contribution >= 4 is 69.3 Å². The molecule has 4 rings (SSSR count). The summed E-state index contributed by atoms with van der Waals surface area (Å²) in [6.45, 7) is 1.38. The number of nitrogens with zero attached hydrogens (tertiary/aromatic N) is 2. The number of carboxylic acid groups (broad SMARTS) is 1. The van der Waals surface area contributed by atoms with Gasteiger partial charge in [0.05, 0.1) is 37.4 Å². The van der Waals surface area contributed by atoms with Crippen LogP contribution in [0.25, 0.3) is 16.7 Å². The van der Waals surface area contributed by atoms with Crippen LogP contribution < -0.4 is 11.0 Å². The van der Waals surface area contributed by atoms with E-state index >= 15 is 0 Å². The number of hydrogen-bond acceptors (Lipinski definition) is 3. The number of carbonyl (C=O) groups excluding carboxylic acids is 1. The summed E-state index contributed by atoms with van der Waals surface area (Å²) in [7, 11) is 1.66. The van der Waals surface area contributed by atoms with Gasteiger partial charge in [0, 0.05) is 18.5 Å². The Morgan fingerprint density at radius 2 is 1.58 bits per heavy atom. The predicted molar refractivity (Wildman–Crippen MR) is 142 cm³/mol. The molecule has 186 valence electrons. The molecule has 7 nitrogen and oxygen atoms in total. The Balaban J connectivity index is 1.65. The van der Waals surface area contributed by atoms with Crippen LogP contribution in [0.4, 0.5) is 0 Å². The summed E-state index contributed by atoms with van der Waals surface area (Å²) in [6, 6.07) is 14.7. The van der Waals surface area contributed by atoms with E-state index in [4.69, 9.17) is 46.4 Å². The zero-order valence-corrected chi connectivity index (χ0v) is 22.0. The quantitative estimate of drug-likeness (QED) is 0.310. The van der Waals surface area contributed by atoms with Crippen LogP contribution >= 0.6 is 46.4 Å². The van der Waals surface area contributed by atoms with Gasteiger partial charge in [-0.05, 0) is 48.9 Å². The van der Waals surface area contributed by atoms with Gasteiger partial charge in [-0.15, -0.1) is 0 Å². The summed E-state index contributed by atoms with van der Waals surface area (Å²) in [5, 5.41) is 13.1. The maximum absolute atomic E-state index is 12.9. The van der Waals surface area contributed by atoms with E-state index in [2.05, 4.69) is 5.32 Å². The number of para-hydroxylation sites is 1. The third-order valence-electron chi connectivity index (χ3n) is 5.88. The number of amides is 1. The molecule has 1 atom stereocenters. The molecule has 0 radical (unpaired) electrons. The number of halogens is 4. The molecule has 1 heterocycles. The lowest BCUT2D eigenvalue weighted by molar-refractivity contribution is -0.143. The Kier molecular flexibility index (Phi) is 7.12. The number of aliphatic carboxylic acids is 1. The molecule has 0 bridgehead atoms. The number of fused-ring (bicyclic) bond motifs is 1. The summed E-state index contributed by atoms with van der Waals surface area (Å²) >= 11 is 24.5. The van der Waals surface area contributed by atoms with Gasteiger partial charge in [0.25, 0.3) is 5.91 Å². The van der Waals surface area contributed by atoms with Gasteiger partial charge in [-0.25, -0.2) is 9.59 Å².